The van der Waals surface area contributed by atoms with Crippen molar-refractivity contribution in [3.05, 3.63) is 5.82 Å². The maximum atomic E-state index is 12.2. The number of hydrogen-bond acceptors (Lipinski definition) is 5. The van der Waals surface area contributed by atoms with Crippen LogP contribution >= 0.6 is 11.8 Å². The maximum Gasteiger partial charge on any atom is 0.230 e. The number of aryl methyl sites for hydroxylation is 1. The molecule has 4 saturated carbocycles. The Morgan fingerprint density at radius 3 is 2.54 bits per heavy atom. The Labute approximate surface area is 146 Å². The molecule has 0 unspecified atom stereocenters. The fraction of sp³-hybridized carbons (Fsp3) is 0.824. The van der Waals surface area contributed by atoms with Crippen molar-refractivity contribution in [2.24, 2.45) is 23.7 Å². The van der Waals surface area contributed by atoms with Gasteiger partial charge in [0.15, 0.2) is 0 Å². The van der Waals surface area contributed by atoms with E-state index in [1.165, 1.54) is 18.2 Å². The highest BCUT2D eigenvalue weighted by molar-refractivity contribution is 7.99. The number of nitrogens with one attached hydrogen (secondary N) is 2. The molecule has 4 aliphatic carbocycles. The van der Waals surface area contributed by atoms with Crippen molar-refractivity contribution < 1.29 is 9.90 Å². The van der Waals surface area contributed by atoms with Crippen molar-refractivity contribution >= 4 is 17.7 Å². The first kappa shape index (κ1) is 16.4. The summed E-state index contributed by atoms with van der Waals surface area (Å²) in [7, 11) is 0. The molecule has 7 heteroatoms. The lowest BCUT2D eigenvalue weighted by molar-refractivity contribution is -0.171. The van der Waals surface area contributed by atoms with E-state index in [0.717, 1.165) is 49.8 Å². The molecule has 1 amide bonds. The minimum Gasteiger partial charge on any atom is -0.387 e. The van der Waals surface area contributed by atoms with Crippen LogP contribution in [-0.2, 0) is 11.2 Å². The molecule has 4 bridgehead atoms. The van der Waals surface area contributed by atoms with Gasteiger partial charge in [-0.15, -0.1) is 5.10 Å². The summed E-state index contributed by atoms with van der Waals surface area (Å²) in [6.45, 7) is 2.41. The molecule has 24 heavy (non-hydrogen) atoms. The normalized spacial score (nSPS) is 36.9. The average molecular weight is 350 g/mol. The predicted molar refractivity (Wildman–Crippen MR) is 91.5 cm³/mol. The molecule has 3 N–H and O–H groups in total. The lowest BCUT2D eigenvalue weighted by atomic mass is 9.50. The molecule has 0 spiro atoms. The van der Waals surface area contributed by atoms with E-state index < -0.39 is 5.60 Å². The third-order valence-electron chi connectivity index (χ3n) is 6.30. The molecule has 0 aliphatic heterocycles. The number of rotatable bonds is 6. The van der Waals surface area contributed by atoms with Gasteiger partial charge in [0.1, 0.15) is 5.82 Å². The number of nitrogens with zero attached hydrogens (tertiary/aromatic N) is 2. The minimum atomic E-state index is -0.687. The van der Waals surface area contributed by atoms with Crippen molar-refractivity contribution in [3.63, 3.8) is 0 Å². The van der Waals surface area contributed by atoms with Crippen molar-refractivity contribution in [1.82, 2.24) is 20.5 Å². The van der Waals surface area contributed by atoms with Crippen molar-refractivity contribution in [2.45, 2.75) is 56.2 Å². The molecule has 0 atom stereocenters. The number of carbonyl (C=O) groups excluding carboxylic acids is 1. The van der Waals surface area contributed by atoms with E-state index in [-0.39, 0.29) is 11.7 Å². The smallest absolute Gasteiger partial charge is 0.230 e. The largest absolute Gasteiger partial charge is 0.387 e. The van der Waals surface area contributed by atoms with Crippen LogP contribution in [0.4, 0.5) is 0 Å². The second-order valence-electron chi connectivity index (χ2n) is 7.78. The van der Waals surface area contributed by atoms with Crippen molar-refractivity contribution in [3.8, 4) is 0 Å². The maximum absolute atomic E-state index is 12.2. The van der Waals surface area contributed by atoms with Crippen LogP contribution in [0.15, 0.2) is 5.16 Å². The van der Waals surface area contributed by atoms with E-state index in [4.69, 9.17) is 0 Å². The first-order valence-corrected chi connectivity index (χ1v) is 10.1. The molecular weight excluding hydrogens is 324 g/mol. The average Bonchev–Trinajstić information content (AvgIpc) is 3.03. The summed E-state index contributed by atoms with van der Waals surface area (Å²) in [6.07, 6.45) is 6.74. The van der Waals surface area contributed by atoms with Gasteiger partial charge >= 0.3 is 0 Å². The summed E-state index contributed by atoms with van der Waals surface area (Å²) < 4.78 is 0. The van der Waals surface area contributed by atoms with Gasteiger partial charge in [0, 0.05) is 13.0 Å². The van der Waals surface area contributed by atoms with E-state index in [2.05, 4.69) is 20.5 Å². The number of aliphatic hydroxyl groups is 1. The lowest BCUT2D eigenvalue weighted by Gasteiger charge is -2.58. The van der Waals surface area contributed by atoms with Crippen molar-refractivity contribution in [1.29, 1.82) is 0 Å². The fourth-order valence-corrected chi connectivity index (χ4v) is 5.86. The third kappa shape index (κ3) is 2.96. The molecule has 4 fully saturated rings. The topological polar surface area (TPSA) is 90.9 Å². The van der Waals surface area contributed by atoms with Gasteiger partial charge in [-0.3, -0.25) is 9.89 Å². The van der Waals surface area contributed by atoms with E-state index in [0.29, 0.717) is 23.5 Å². The number of aromatic nitrogens is 3. The predicted octanol–water partition coefficient (Wildman–Crippen LogP) is 1.76. The molecular formula is C17H26N4O2S. The molecule has 0 saturated heterocycles. The van der Waals surface area contributed by atoms with Gasteiger partial charge in [-0.05, 0) is 55.8 Å². The van der Waals surface area contributed by atoms with Gasteiger partial charge in [-0.2, -0.15) is 0 Å². The highest BCUT2D eigenvalue weighted by atomic mass is 32.2. The standard InChI is InChI=1S/C17H26N4O2S/c1-2-14-19-16(21-20-14)24-8-15(22)18-9-17(23)12-4-10-3-11(6-12)7-13(17)5-10/h10-13,23H,2-9H2,1H3,(H,18,22)(H,19,20,21). The molecule has 0 aromatic carbocycles. The monoisotopic (exact) mass is 350 g/mol. The fourth-order valence-electron chi connectivity index (χ4n) is 5.21. The summed E-state index contributed by atoms with van der Waals surface area (Å²) in [5.41, 5.74) is -0.687. The summed E-state index contributed by atoms with van der Waals surface area (Å²) in [4.78, 5) is 16.5. The van der Waals surface area contributed by atoms with Gasteiger partial charge in [-0.1, -0.05) is 18.7 Å². The van der Waals surface area contributed by atoms with Crippen LogP contribution in [0, 0.1) is 23.7 Å². The highest BCUT2D eigenvalue weighted by Crippen LogP contribution is 2.58. The Bertz CT molecular complexity index is 589. The molecule has 1 aromatic rings. The van der Waals surface area contributed by atoms with Crippen LogP contribution in [0.2, 0.25) is 0 Å². The van der Waals surface area contributed by atoms with Gasteiger partial charge in [0.2, 0.25) is 11.1 Å². The highest BCUT2D eigenvalue weighted by Gasteiger charge is 2.56. The van der Waals surface area contributed by atoms with E-state index in [1.54, 1.807) is 0 Å². The third-order valence-corrected chi connectivity index (χ3v) is 7.15. The van der Waals surface area contributed by atoms with Crippen LogP contribution in [0.3, 0.4) is 0 Å². The number of thioether (sulfide) groups is 1. The number of aromatic amines is 1. The number of amides is 1. The van der Waals surface area contributed by atoms with E-state index in [1.807, 2.05) is 6.92 Å². The Hall–Kier alpha value is -1.08. The first-order chi connectivity index (χ1) is 11.6. The van der Waals surface area contributed by atoms with Crippen LogP contribution < -0.4 is 5.32 Å². The Morgan fingerprint density at radius 1 is 1.29 bits per heavy atom. The zero-order valence-electron chi connectivity index (χ0n) is 14.1. The number of H-pyrrole nitrogens is 1. The number of carbonyl (C=O) groups is 1. The van der Waals surface area contributed by atoms with E-state index >= 15 is 0 Å². The molecule has 5 rings (SSSR count). The molecule has 1 heterocycles. The zero-order chi connectivity index (χ0) is 16.7. The number of hydrogen-bond donors (Lipinski definition) is 3. The zero-order valence-corrected chi connectivity index (χ0v) is 14.9. The van der Waals surface area contributed by atoms with Crippen molar-refractivity contribution in [2.75, 3.05) is 12.3 Å². The van der Waals surface area contributed by atoms with Gasteiger partial charge in [0.25, 0.3) is 0 Å². The quantitative estimate of drug-likeness (QED) is 0.680. The second-order valence-corrected chi connectivity index (χ2v) is 8.72. The Balaban J connectivity index is 1.29. The summed E-state index contributed by atoms with van der Waals surface area (Å²) in [5, 5.41) is 21.7. The summed E-state index contributed by atoms with van der Waals surface area (Å²) >= 11 is 1.33. The Kier molecular flexibility index (Phi) is 4.33. The van der Waals surface area contributed by atoms with E-state index in [9.17, 15) is 9.90 Å². The summed E-state index contributed by atoms with van der Waals surface area (Å²) in [5.74, 6) is 3.46. The van der Waals surface area contributed by atoms with Crippen LogP contribution in [0.5, 0.6) is 0 Å². The SMILES string of the molecule is CCc1nc(SCC(=O)NCC2(O)C3CC4CC(C3)CC2C4)n[nH]1. The molecule has 6 nitrogen and oxygen atoms in total. The molecule has 0 radical (unpaired) electrons. The van der Waals surface area contributed by atoms with Crippen LogP contribution in [0.1, 0.15) is 44.9 Å². The van der Waals surface area contributed by atoms with Crippen LogP contribution in [-0.4, -0.2) is 44.1 Å². The van der Waals surface area contributed by atoms with Gasteiger partial charge in [-0.25, -0.2) is 4.98 Å². The van der Waals surface area contributed by atoms with Gasteiger partial charge in [0.05, 0.1) is 11.4 Å². The lowest BCUT2D eigenvalue weighted by Crippen LogP contribution is -2.62. The minimum absolute atomic E-state index is 0.0509. The Morgan fingerprint density at radius 2 is 1.96 bits per heavy atom. The molecule has 132 valence electrons. The van der Waals surface area contributed by atoms with Gasteiger partial charge < -0.3 is 10.4 Å². The second kappa shape index (κ2) is 6.33. The first-order valence-electron chi connectivity index (χ1n) is 9.10. The molecule has 4 aliphatic rings. The summed E-state index contributed by atoms with van der Waals surface area (Å²) in [6, 6.07) is 0. The molecule has 1 aromatic heterocycles. The van der Waals surface area contributed by atoms with Crippen LogP contribution in [0.25, 0.3) is 0 Å².